The summed E-state index contributed by atoms with van der Waals surface area (Å²) < 4.78 is 26.1. The first-order chi connectivity index (χ1) is 14.7. The van der Waals surface area contributed by atoms with Gasteiger partial charge in [0.1, 0.15) is 11.4 Å². The third kappa shape index (κ3) is 3.61. The van der Waals surface area contributed by atoms with E-state index >= 15 is 0 Å². The van der Waals surface area contributed by atoms with Crippen LogP contribution in [0.4, 0.5) is 4.39 Å². The summed E-state index contributed by atoms with van der Waals surface area (Å²) >= 11 is 0. The van der Waals surface area contributed by atoms with Gasteiger partial charge in [0.15, 0.2) is 0 Å². The van der Waals surface area contributed by atoms with Crippen LogP contribution in [-0.4, -0.2) is 17.5 Å². The topological polar surface area (TPSA) is 54.0 Å². The monoisotopic (exact) mass is 432 g/mol. The molecule has 3 aliphatic carbocycles. The quantitative estimate of drug-likeness (QED) is 0.448. The fourth-order valence-corrected chi connectivity index (χ4v) is 6.83. The van der Waals surface area contributed by atoms with Crippen molar-refractivity contribution in [2.24, 2.45) is 23.7 Å². The van der Waals surface area contributed by atoms with E-state index in [1.54, 1.807) is 12.1 Å². The maximum Gasteiger partial charge on any atom is 0.303 e. The van der Waals surface area contributed by atoms with E-state index in [2.05, 4.69) is 13.8 Å². The molecule has 5 unspecified atom stereocenters. The van der Waals surface area contributed by atoms with Gasteiger partial charge in [-0.2, -0.15) is 9.78 Å². The molecule has 0 amide bonds. The normalized spacial score (nSPS) is 44.5. The molecule has 5 nitrogen and oxygen atoms in total. The van der Waals surface area contributed by atoms with Gasteiger partial charge in [0, 0.05) is 31.6 Å². The molecule has 0 N–H and O–H groups in total. The Kier molecular flexibility index (Phi) is 5.19. The van der Waals surface area contributed by atoms with E-state index in [1.807, 2.05) is 0 Å². The van der Waals surface area contributed by atoms with Gasteiger partial charge in [0.25, 0.3) is 0 Å². The zero-order valence-corrected chi connectivity index (χ0v) is 18.7. The first kappa shape index (κ1) is 21.4. The maximum absolute atomic E-state index is 13.5. The van der Waals surface area contributed by atoms with Crippen molar-refractivity contribution in [3.05, 3.63) is 35.6 Å². The lowest BCUT2D eigenvalue weighted by Crippen LogP contribution is -2.54. The summed E-state index contributed by atoms with van der Waals surface area (Å²) in [5, 5.41) is 0. The largest absolute Gasteiger partial charge is 0.454 e. The van der Waals surface area contributed by atoms with Gasteiger partial charge >= 0.3 is 5.97 Å². The predicted molar refractivity (Wildman–Crippen MR) is 111 cm³/mol. The number of hydrogen-bond donors (Lipinski definition) is 0. The summed E-state index contributed by atoms with van der Waals surface area (Å²) in [7, 11) is 0. The summed E-state index contributed by atoms with van der Waals surface area (Å²) in [5.41, 5.74) is 0.0122. The average molecular weight is 433 g/mol. The molecule has 4 aliphatic rings. The van der Waals surface area contributed by atoms with E-state index < -0.39 is 17.2 Å². The summed E-state index contributed by atoms with van der Waals surface area (Å²) in [6.45, 7) is 5.97. The minimum absolute atomic E-state index is 0.278. The molecule has 31 heavy (non-hydrogen) atoms. The fourth-order valence-electron chi connectivity index (χ4n) is 6.83. The highest BCUT2D eigenvalue weighted by molar-refractivity contribution is 5.67. The Morgan fingerprint density at radius 2 is 1.71 bits per heavy atom. The Bertz CT molecular complexity index is 827. The summed E-state index contributed by atoms with van der Waals surface area (Å²) in [4.78, 5) is 24.0. The Balaban J connectivity index is 1.36. The van der Waals surface area contributed by atoms with Crippen LogP contribution in [0.25, 0.3) is 0 Å². The molecule has 2 spiro atoms. The summed E-state index contributed by atoms with van der Waals surface area (Å²) in [6.07, 6.45) is 6.83. The van der Waals surface area contributed by atoms with Crippen LogP contribution in [0.15, 0.2) is 24.3 Å². The number of ether oxygens (including phenoxy) is 2. The number of hydrogen-bond acceptors (Lipinski definition) is 5. The lowest BCUT2D eigenvalue weighted by atomic mass is 9.62. The molecule has 1 saturated heterocycles. The zero-order valence-electron chi connectivity index (χ0n) is 18.7. The average Bonchev–Trinajstić information content (AvgIpc) is 3.10. The molecule has 0 aromatic heterocycles. The van der Waals surface area contributed by atoms with Crippen molar-refractivity contribution in [1.29, 1.82) is 0 Å². The van der Waals surface area contributed by atoms with Crippen LogP contribution in [0, 0.1) is 29.5 Å². The molecule has 170 valence electrons. The van der Waals surface area contributed by atoms with E-state index in [1.165, 1.54) is 25.5 Å². The molecule has 5 atom stereocenters. The fraction of sp³-hybridized carbons (Fsp3) is 0.720. The van der Waals surface area contributed by atoms with Gasteiger partial charge in [-0.05, 0) is 68.1 Å². The molecule has 4 fully saturated rings. The Morgan fingerprint density at radius 3 is 2.39 bits per heavy atom. The van der Waals surface area contributed by atoms with E-state index in [0.717, 1.165) is 30.7 Å². The standard InChI is InChI=1S/C25H33FO5/c1-16-12-19-14-17(2)25(21(13-16)15-19)29-24(30-31-25)10-8-23(9-11-24,28-18(3)27)20-4-6-22(26)7-5-20/h4-7,16-17,19,21H,8-15H2,1-3H3. The van der Waals surface area contributed by atoms with Crippen molar-refractivity contribution < 1.29 is 28.4 Å². The third-order valence-corrected chi connectivity index (χ3v) is 8.18. The molecule has 3 saturated carbocycles. The third-order valence-electron chi connectivity index (χ3n) is 8.18. The highest BCUT2D eigenvalue weighted by Crippen LogP contribution is 2.59. The van der Waals surface area contributed by atoms with Crippen LogP contribution < -0.4 is 0 Å². The molecule has 1 aromatic rings. The molecule has 5 rings (SSSR count). The maximum atomic E-state index is 13.5. The van der Waals surface area contributed by atoms with Crippen molar-refractivity contribution in [2.75, 3.05) is 0 Å². The molecule has 6 heteroatoms. The number of benzene rings is 1. The second-order valence-corrected chi connectivity index (χ2v) is 10.5. The van der Waals surface area contributed by atoms with Crippen molar-refractivity contribution >= 4 is 5.97 Å². The van der Waals surface area contributed by atoms with E-state index in [9.17, 15) is 9.18 Å². The van der Waals surface area contributed by atoms with Crippen LogP contribution in [0.1, 0.15) is 77.7 Å². The first-order valence-electron chi connectivity index (χ1n) is 11.8. The molecular formula is C25H33FO5. The Labute approximate surface area is 183 Å². The smallest absolute Gasteiger partial charge is 0.303 e. The predicted octanol–water partition coefficient (Wildman–Crippen LogP) is 5.62. The number of carbonyl (C=O) groups is 1. The van der Waals surface area contributed by atoms with Crippen molar-refractivity contribution in [2.45, 2.75) is 89.3 Å². The SMILES string of the molecule is CC(=O)OC1(c2ccc(F)cc2)CCC2(CC1)OOC1(O2)C(C)CC2CC(C)CC1C2. The molecule has 0 radical (unpaired) electrons. The van der Waals surface area contributed by atoms with Crippen LogP contribution in [0.3, 0.4) is 0 Å². The van der Waals surface area contributed by atoms with Crippen molar-refractivity contribution in [3.8, 4) is 0 Å². The molecule has 1 heterocycles. The molecular weight excluding hydrogens is 399 g/mol. The van der Waals surface area contributed by atoms with E-state index in [4.69, 9.17) is 19.2 Å². The lowest BCUT2D eigenvalue weighted by Gasteiger charge is -2.50. The Morgan fingerprint density at radius 1 is 1.00 bits per heavy atom. The number of carbonyl (C=O) groups excluding carboxylic acids is 1. The van der Waals surface area contributed by atoms with Crippen LogP contribution in [0.2, 0.25) is 0 Å². The highest BCUT2D eigenvalue weighted by atomic mass is 19.1. The second kappa shape index (κ2) is 7.53. The molecule has 1 aromatic carbocycles. The molecule has 1 aliphatic heterocycles. The van der Waals surface area contributed by atoms with Gasteiger partial charge in [0.05, 0.1) is 0 Å². The van der Waals surface area contributed by atoms with Gasteiger partial charge in [-0.1, -0.05) is 26.0 Å². The van der Waals surface area contributed by atoms with E-state index in [-0.39, 0.29) is 17.7 Å². The number of halogens is 1. The number of rotatable bonds is 2. The number of fused-ring (bicyclic) bond motifs is 3. The highest BCUT2D eigenvalue weighted by Gasteiger charge is 2.64. The van der Waals surface area contributed by atoms with Crippen LogP contribution in [0.5, 0.6) is 0 Å². The number of esters is 1. The lowest BCUT2D eigenvalue weighted by molar-refractivity contribution is -0.381. The van der Waals surface area contributed by atoms with Gasteiger partial charge in [-0.25, -0.2) is 4.39 Å². The van der Waals surface area contributed by atoms with Gasteiger partial charge < -0.3 is 9.47 Å². The first-order valence-corrected chi connectivity index (χ1v) is 11.8. The zero-order chi connectivity index (χ0) is 21.9. The van der Waals surface area contributed by atoms with Gasteiger partial charge in [-0.3, -0.25) is 4.79 Å². The van der Waals surface area contributed by atoms with Crippen LogP contribution in [-0.2, 0) is 29.6 Å². The second-order valence-electron chi connectivity index (χ2n) is 10.5. The van der Waals surface area contributed by atoms with Crippen molar-refractivity contribution in [1.82, 2.24) is 0 Å². The molecule has 2 bridgehead atoms. The summed E-state index contributed by atoms with van der Waals surface area (Å²) in [6, 6.07) is 6.24. The Hall–Kier alpha value is -1.50. The van der Waals surface area contributed by atoms with Crippen LogP contribution >= 0.6 is 0 Å². The minimum Gasteiger partial charge on any atom is -0.454 e. The minimum atomic E-state index is -0.814. The van der Waals surface area contributed by atoms with Gasteiger partial charge in [-0.15, -0.1) is 0 Å². The summed E-state index contributed by atoms with van der Waals surface area (Å²) in [5.74, 6) is -0.0871. The van der Waals surface area contributed by atoms with Gasteiger partial charge in [0.2, 0.25) is 11.6 Å². The van der Waals surface area contributed by atoms with E-state index in [0.29, 0.717) is 37.5 Å². The van der Waals surface area contributed by atoms with Crippen molar-refractivity contribution in [3.63, 3.8) is 0 Å².